The molecule has 29 heavy (non-hydrogen) atoms. The second-order valence-corrected chi connectivity index (χ2v) is 6.37. The molecule has 0 heterocycles. The van der Waals surface area contributed by atoms with Gasteiger partial charge >= 0.3 is 0 Å². The van der Waals surface area contributed by atoms with Crippen molar-refractivity contribution < 1.29 is 4.79 Å². The molecule has 0 spiro atoms. The minimum Gasteiger partial charge on any atom is -0.360 e. The van der Waals surface area contributed by atoms with Crippen molar-refractivity contribution in [2.24, 2.45) is 0 Å². The predicted octanol–water partition coefficient (Wildman–Crippen LogP) is 4.61. The number of nitriles is 1. The smallest absolute Gasteiger partial charge is 0.263 e. The maximum absolute atomic E-state index is 12.2. The zero-order valence-electron chi connectivity index (χ0n) is 15.9. The Morgan fingerprint density at radius 1 is 0.828 bits per heavy atom. The lowest BCUT2D eigenvalue weighted by Gasteiger charge is -2.08. The van der Waals surface area contributed by atoms with Crippen LogP contribution in [0.5, 0.6) is 0 Å². The van der Waals surface area contributed by atoms with Gasteiger partial charge in [-0.2, -0.15) is 5.26 Å². The molecule has 0 bridgehead atoms. The number of hydrogen-bond donors (Lipinski definition) is 3. The first-order valence-electron chi connectivity index (χ1n) is 9.35. The van der Waals surface area contributed by atoms with Gasteiger partial charge in [-0.25, -0.2) is 0 Å². The number of carbonyl (C=O) groups is 1. The lowest BCUT2D eigenvalue weighted by molar-refractivity contribution is -0.117. The number of hydrogen-bond acceptors (Lipinski definition) is 4. The zero-order chi connectivity index (χ0) is 20.3. The summed E-state index contributed by atoms with van der Waals surface area (Å²) in [5, 5.41) is 18.4. The number of anilines is 3. The molecule has 5 nitrogen and oxygen atoms in total. The third kappa shape index (κ3) is 6.26. The highest BCUT2D eigenvalue weighted by atomic mass is 16.1. The van der Waals surface area contributed by atoms with Gasteiger partial charge in [0.2, 0.25) is 0 Å². The summed E-state index contributed by atoms with van der Waals surface area (Å²) in [6, 6.07) is 29.3. The fourth-order valence-corrected chi connectivity index (χ4v) is 2.70. The van der Waals surface area contributed by atoms with Gasteiger partial charge < -0.3 is 16.0 Å². The summed E-state index contributed by atoms with van der Waals surface area (Å²) in [5.74, 6) is -0.390. The van der Waals surface area contributed by atoms with E-state index < -0.39 is 5.91 Å². The van der Waals surface area contributed by atoms with E-state index in [0.717, 1.165) is 22.6 Å². The molecule has 0 aromatic heterocycles. The minimum atomic E-state index is -0.390. The highest BCUT2D eigenvalue weighted by Gasteiger charge is 2.08. The van der Waals surface area contributed by atoms with Gasteiger partial charge in [0.05, 0.1) is 0 Å². The molecule has 3 rings (SSSR count). The van der Waals surface area contributed by atoms with Crippen LogP contribution in [0, 0.1) is 11.3 Å². The second-order valence-electron chi connectivity index (χ2n) is 6.37. The number of benzene rings is 3. The molecule has 0 unspecified atom stereocenters. The van der Waals surface area contributed by atoms with Crippen molar-refractivity contribution in [3.63, 3.8) is 0 Å². The Bertz CT molecular complexity index is 991. The van der Waals surface area contributed by atoms with Crippen LogP contribution in [0.25, 0.3) is 0 Å². The van der Waals surface area contributed by atoms with Crippen molar-refractivity contribution in [3.8, 4) is 6.07 Å². The van der Waals surface area contributed by atoms with E-state index in [0.29, 0.717) is 13.0 Å². The van der Waals surface area contributed by atoms with Gasteiger partial charge in [-0.15, -0.1) is 0 Å². The first-order chi connectivity index (χ1) is 14.2. The van der Waals surface area contributed by atoms with E-state index in [1.807, 2.05) is 91.0 Å². The van der Waals surface area contributed by atoms with Crippen molar-refractivity contribution in [2.75, 3.05) is 17.2 Å². The quantitative estimate of drug-likeness (QED) is 0.393. The maximum Gasteiger partial charge on any atom is 0.263 e. The number of rotatable bonds is 8. The van der Waals surface area contributed by atoms with Crippen molar-refractivity contribution in [2.45, 2.75) is 6.42 Å². The second kappa shape index (κ2) is 10.3. The van der Waals surface area contributed by atoms with E-state index in [1.165, 1.54) is 6.20 Å². The molecule has 0 atom stereocenters. The normalized spacial score (nSPS) is 10.7. The van der Waals surface area contributed by atoms with Crippen molar-refractivity contribution in [3.05, 3.63) is 102 Å². The largest absolute Gasteiger partial charge is 0.360 e. The Morgan fingerprint density at radius 2 is 1.41 bits per heavy atom. The Kier molecular flexibility index (Phi) is 7.03. The fraction of sp³-hybridized carbons (Fsp3) is 0.0833. The van der Waals surface area contributed by atoms with Crippen LogP contribution in [-0.4, -0.2) is 12.5 Å². The van der Waals surface area contributed by atoms with Crippen LogP contribution in [0.4, 0.5) is 17.1 Å². The molecule has 144 valence electrons. The van der Waals surface area contributed by atoms with Crippen molar-refractivity contribution in [1.29, 1.82) is 5.26 Å². The molecular weight excluding hydrogens is 360 g/mol. The highest BCUT2D eigenvalue weighted by molar-refractivity contribution is 5.97. The maximum atomic E-state index is 12.2. The molecule has 5 heteroatoms. The molecule has 0 aliphatic carbocycles. The molecule has 0 saturated carbocycles. The molecule has 0 fully saturated rings. The molecule has 3 aromatic rings. The predicted molar refractivity (Wildman–Crippen MR) is 117 cm³/mol. The van der Waals surface area contributed by atoms with Crippen molar-refractivity contribution >= 4 is 23.0 Å². The number of nitrogens with one attached hydrogen (secondary N) is 3. The number of para-hydroxylation sites is 1. The number of carbonyl (C=O) groups excluding carboxylic acids is 1. The number of amides is 1. The van der Waals surface area contributed by atoms with Gasteiger partial charge in [0.15, 0.2) is 0 Å². The van der Waals surface area contributed by atoms with E-state index in [4.69, 9.17) is 0 Å². The van der Waals surface area contributed by atoms with Gasteiger partial charge in [0.1, 0.15) is 11.6 Å². The van der Waals surface area contributed by atoms with Crippen LogP contribution in [0.3, 0.4) is 0 Å². The van der Waals surface area contributed by atoms with Crippen LogP contribution >= 0.6 is 0 Å². The average Bonchev–Trinajstić information content (AvgIpc) is 2.77. The lowest BCUT2D eigenvalue weighted by Crippen LogP contribution is -2.27. The van der Waals surface area contributed by atoms with E-state index in [1.54, 1.807) is 0 Å². The molecule has 1 amide bonds. The van der Waals surface area contributed by atoms with E-state index in [2.05, 4.69) is 16.0 Å². The summed E-state index contributed by atoms with van der Waals surface area (Å²) >= 11 is 0. The third-order valence-electron chi connectivity index (χ3n) is 4.24. The zero-order valence-corrected chi connectivity index (χ0v) is 15.9. The molecule has 3 aromatic carbocycles. The summed E-state index contributed by atoms with van der Waals surface area (Å²) in [6.07, 6.45) is 2.14. The Balaban J connectivity index is 1.51. The molecule has 0 aliphatic rings. The summed E-state index contributed by atoms with van der Waals surface area (Å²) in [4.78, 5) is 12.2. The Morgan fingerprint density at radius 3 is 2.07 bits per heavy atom. The highest BCUT2D eigenvalue weighted by Crippen LogP contribution is 2.18. The number of nitrogens with zero attached hydrogens (tertiary/aromatic N) is 1. The molecule has 0 aliphatic heterocycles. The topological polar surface area (TPSA) is 77.0 Å². The average molecular weight is 382 g/mol. The Labute approximate surface area is 170 Å². The standard InChI is InChI=1S/C24H22N4O/c25-17-20(24(29)26-16-15-19-7-3-1-4-8-19)18-27-21-11-13-23(14-12-21)28-22-9-5-2-6-10-22/h1-14,18,27-28H,15-16H2,(H,26,29)/b20-18-. The third-order valence-corrected chi connectivity index (χ3v) is 4.24. The first kappa shape index (κ1) is 19.7. The summed E-state index contributed by atoms with van der Waals surface area (Å²) in [7, 11) is 0. The van der Waals surface area contributed by atoms with Crippen LogP contribution in [-0.2, 0) is 11.2 Å². The van der Waals surface area contributed by atoms with Crippen LogP contribution in [0.15, 0.2) is 96.7 Å². The lowest BCUT2D eigenvalue weighted by atomic mass is 10.1. The van der Waals surface area contributed by atoms with Gasteiger partial charge in [0.25, 0.3) is 5.91 Å². The van der Waals surface area contributed by atoms with Crippen LogP contribution in [0.2, 0.25) is 0 Å². The SMILES string of the molecule is N#C/C(=C/Nc1ccc(Nc2ccccc2)cc1)C(=O)NCCc1ccccc1. The van der Waals surface area contributed by atoms with Gasteiger partial charge in [0, 0.05) is 29.8 Å². The first-order valence-corrected chi connectivity index (χ1v) is 9.35. The van der Waals surface area contributed by atoms with E-state index >= 15 is 0 Å². The minimum absolute atomic E-state index is 0.0320. The molecular formula is C24H22N4O. The van der Waals surface area contributed by atoms with Crippen LogP contribution < -0.4 is 16.0 Å². The monoisotopic (exact) mass is 382 g/mol. The summed E-state index contributed by atoms with van der Waals surface area (Å²) in [6.45, 7) is 0.474. The van der Waals surface area contributed by atoms with E-state index in [9.17, 15) is 10.1 Å². The van der Waals surface area contributed by atoms with Gasteiger partial charge in [-0.1, -0.05) is 48.5 Å². The molecule has 0 saturated heterocycles. The van der Waals surface area contributed by atoms with Gasteiger partial charge in [-0.05, 0) is 48.4 Å². The summed E-state index contributed by atoms with van der Waals surface area (Å²) < 4.78 is 0. The summed E-state index contributed by atoms with van der Waals surface area (Å²) in [5.41, 5.74) is 3.91. The van der Waals surface area contributed by atoms with Gasteiger partial charge in [-0.3, -0.25) is 4.79 Å². The molecule has 0 radical (unpaired) electrons. The van der Waals surface area contributed by atoms with E-state index in [-0.39, 0.29) is 5.57 Å². The van der Waals surface area contributed by atoms with Crippen LogP contribution in [0.1, 0.15) is 5.56 Å². The molecule has 3 N–H and O–H groups in total. The Hall–Kier alpha value is -4.04. The fourth-order valence-electron chi connectivity index (χ4n) is 2.70. The van der Waals surface area contributed by atoms with Crippen molar-refractivity contribution in [1.82, 2.24) is 5.32 Å².